The first kappa shape index (κ1) is 18.9. The summed E-state index contributed by atoms with van der Waals surface area (Å²) in [7, 11) is -5.21. The molecule has 1 aromatic rings. The first-order valence-electron chi connectivity index (χ1n) is 7.07. The largest absolute Gasteiger partial charge is 0.505 e. The van der Waals surface area contributed by atoms with Crippen molar-refractivity contribution < 1.29 is 32.5 Å². The summed E-state index contributed by atoms with van der Waals surface area (Å²) in [6.45, 7) is -0.233. The van der Waals surface area contributed by atoms with E-state index in [1.165, 1.54) is 10.8 Å². The fourth-order valence-corrected chi connectivity index (χ4v) is 5.95. The monoisotopic (exact) mass is 409 g/mol. The van der Waals surface area contributed by atoms with E-state index >= 15 is 0 Å². The molecule has 2 aliphatic rings. The van der Waals surface area contributed by atoms with E-state index in [4.69, 9.17) is 0 Å². The molecule has 7 nitrogen and oxygen atoms in total. The van der Waals surface area contributed by atoms with Crippen LogP contribution in [0.2, 0.25) is 0 Å². The van der Waals surface area contributed by atoms with Crippen LogP contribution < -0.4 is 4.72 Å². The molecule has 0 saturated carbocycles. The van der Waals surface area contributed by atoms with Crippen molar-refractivity contribution in [1.29, 1.82) is 5.26 Å². The molecule has 5 N–H and O–H groups in total. The normalized spacial score (nSPS) is 27.7. The maximum Gasteiger partial charge on any atom is 0.416 e. The Labute approximate surface area is 150 Å². The van der Waals surface area contributed by atoms with Gasteiger partial charge >= 0.3 is 6.18 Å². The highest BCUT2D eigenvalue weighted by Gasteiger charge is 2.39. The number of aliphatic hydroxyl groups is 2. The van der Waals surface area contributed by atoms with E-state index in [1.807, 2.05) is 6.07 Å². The Morgan fingerprint density at radius 2 is 2.00 bits per heavy atom. The third-order valence-corrected chi connectivity index (χ3v) is 7.24. The van der Waals surface area contributed by atoms with Gasteiger partial charge in [-0.3, -0.25) is 9.11 Å². The average molecular weight is 409 g/mol. The molecule has 1 fully saturated rings. The van der Waals surface area contributed by atoms with E-state index in [-0.39, 0.29) is 28.5 Å². The van der Waals surface area contributed by atoms with Crippen LogP contribution in [0.4, 0.5) is 13.2 Å². The fourth-order valence-electron chi connectivity index (χ4n) is 2.56. The fraction of sp³-hybridized carbons (Fsp3) is 0.214. The SMILES string of the molecule is N#Cc1ccc(C(F)(F)F)cc1[SH]1C=C(O)C(N2CC(O)NS2(O)O)=C1. The lowest BCUT2D eigenvalue weighted by atomic mass is 10.1. The van der Waals surface area contributed by atoms with Crippen molar-refractivity contribution in [2.24, 2.45) is 0 Å². The van der Waals surface area contributed by atoms with Gasteiger partial charge in [0.25, 0.3) is 0 Å². The second-order valence-electron chi connectivity index (χ2n) is 5.49. The zero-order valence-corrected chi connectivity index (χ0v) is 14.6. The topological polar surface area (TPSA) is 120 Å². The van der Waals surface area contributed by atoms with Gasteiger partial charge in [0.2, 0.25) is 0 Å². The van der Waals surface area contributed by atoms with Gasteiger partial charge in [0.05, 0.1) is 17.7 Å². The van der Waals surface area contributed by atoms with Crippen LogP contribution in [0.25, 0.3) is 0 Å². The minimum absolute atomic E-state index is 0.0249. The standard InChI is InChI=1S/C14H14F3N3O4S2/c15-14(16,17)9-2-1-8(4-18)12(3-9)25-6-10(11(21)7-25)20-5-13(22)19-26(20,23)24/h1-3,6-7,13,19,21-25H,5H2. The Morgan fingerprint density at radius 1 is 1.31 bits per heavy atom. The number of hydrogen-bond acceptors (Lipinski definition) is 7. The van der Waals surface area contributed by atoms with Crippen LogP contribution in [0.3, 0.4) is 0 Å². The number of aliphatic hydroxyl groups excluding tert-OH is 2. The molecule has 3 rings (SSSR count). The first-order valence-corrected chi connectivity index (χ1v) is 10.1. The van der Waals surface area contributed by atoms with Gasteiger partial charge in [-0.2, -0.15) is 34.1 Å². The zero-order chi connectivity index (χ0) is 19.3. The van der Waals surface area contributed by atoms with Gasteiger partial charge in [-0.1, -0.05) is 11.0 Å². The highest BCUT2D eigenvalue weighted by atomic mass is 32.3. The van der Waals surface area contributed by atoms with E-state index in [0.29, 0.717) is 0 Å². The summed E-state index contributed by atoms with van der Waals surface area (Å²) < 4.78 is 61.9. The highest BCUT2D eigenvalue weighted by molar-refractivity contribution is 8.22. The smallest absolute Gasteiger partial charge is 0.416 e. The Hall–Kier alpha value is -1.88. The van der Waals surface area contributed by atoms with Gasteiger partial charge in [0, 0.05) is 10.3 Å². The maximum absolute atomic E-state index is 13.0. The second-order valence-corrected chi connectivity index (χ2v) is 9.02. The summed E-state index contributed by atoms with van der Waals surface area (Å²) in [5.74, 6) is -0.367. The average Bonchev–Trinajstić information content (AvgIpc) is 3.04. The molecule has 0 radical (unpaired) electrons. The third kappa shape index (κ3) is 3.37. The third-order valence-electron chi connectivity index (χ3n) is 3.72. The number of benzene rings is 1. The minimum Gasteiger partial charge on any atom is -0.505 e. The summed E-state index contributed by atoms with van der Waals surface area (Å²) in [6, 6.07) is 4.54. The molecule has 2 aliphatic heterocycles. The lowest BCUT2D eigenvalue weighted by Gasteiger charge is -2.37. The van der Waals surface area contributed by atoms with E-state index in [9.17, 15) is 37.8 Å². The Balaban J connectivity index is 2.02. The van der Waals surface area contributed by atoms with Crippen molar-refractivity contribution in [1.82, 2.24) is 9.03 Å². The molecule has 1 saturated heterocycles. The summed E-state index contributed by atoms with van der Waals surface area (Å²) in [5.41, 5.74) is -0.926. The van der Waals surface area contributed by atoms with Gasteiger partial charge in [-0.05, 0) is 23.6 Å². The van der Waals surface area contributed by atoms with Crippen molar-refractivity contribution >= 4 is 21.9 Å². The molecule has 12 heteroatoms. The number of nitriles is 1. The number of alkyl halides is 3. The van der Waals surface area contributed by atoms with Gasteiger partial charge < -0.3 is 10.2 Å². The van der Waals surface area contributed by atoms with Crippen LogP contribution in [0.1, 0.15) is 11.1 Å². The zero-order valence-electron chi connectivity index (χ0n) is 12.8. The van der Waals surface area contributed by atoms with E-state index in [2.05, 4.69) is 4.72 Å². The maximum atomic E-state index is 13.0. The minimum atomic E-state index is -4.59. The van der Waals surface area contributed by atoms with Gasteiger partial charge in [-0.25, -0.2) is 4.31 Å². The molecule has 0 aromatic heterocycles. The van der Waals surface area contributed by atoms with Crippen LogP contribution in [-0.4, -0.2) is 36.4 Å². The Morgan fingerprint density at radius 3 is 2.54 bits per heavy atom. The van der Waals surface area contributed by atoms with Gasteiger partial charge in [-0.15, -0.1) is 0 Å². The van der Waals surface area contributed by atoms with E-state index in [1.54, 1.807) is 0 Å². The number of β-amino-alcohol motifs (C(OH)–C–C–N with tert-alkyl or cyclic N) is 1. The molecule has 2 atom stereocenters. The van der Waals surface area contributed by atoms with Crippen molar-refractivity contribution in [2.45, 2.75) is 17.3 Å². The number of nitrogens with zero attached hydrogens (tertiary/aromatic N) is 2. The van der Waals surface area contributed by atoms with Crippen LogP contribution in [0.5, 0.6) is 0 Å². The molecular formula is C14H14F3N3O4S2. The van der Waals surface area contributed by atoms with Crippen LogP contribution in [-0.2, 0) is 6.18 Å². The lowest BCUT2D eigenvalue weighted by Crippen LogP contribution is -2.25. The van der Waals surface area contributed by atoms with Crippen molar-refractivity contribution in [2.75, 3.05) is 6.54 Å². The molecule has 0 bridgehead atoms. The Kier molecular flexibility index (Phi) is 4.63. The number of rotatable bonds is 2. The first-order chi connectivity index (χ1) is 12.0. The quantitative estimate of drug-likeness (QED) is 0.416. The van der Waals surface area contributed by atoms with E-state index in [0.717, 1.165) is 22.5 Å². The molecule has 2 heterocycles. The summed E-state index contributed by atoms with van der Waals surface area (Å²) in [6.07, 6.45) is -5.84. The summed E-state index contributed by atoms with van der Waals surface area (Å²) in [5, 5.41) is 31.5. The van der Waals surface area contributed by atoms with Gasteiger partial charge in [0.1, 0.15) is 23.8 Å². The molecule has 26 heavy (non-hydrogen) atoms. The number of hydrogen-bond donors (Lipinski definition) is 6. The molecule has 0 amide bonds. The summed E-state index contributed by atoms with van der Waals surface area (Å²) >= 11 is 0. The number of thiol groups is 1. The van der Waals surface area contributed by atoms with Crippen LogP contribution >= 0.6 is 21.9 Å². The summed E-state index contributed by atoms with van der Waals surface area (Å²) in [4.78, 5) is 0.0862. The van der Waals surface area contributed by atoms with Crippen molar-refractivity contribution in [3.8, 4) is 6.07 Å². The molecule has 142 valence electrons. The molecule has 2 unspecified atom stereocenters. The van der Waals surface area contributed by atoms with Crippen LogP contribution in [0, 0.1) is 11.3 Å². The number of nitrogens with one attached hydrogen (secondary N) is 1. The molecule has 0 spiro atoms. The van der Waals surface area contributed by atoms with Crippen LogP contribution in [0.15, 0.2) is 45.4 Å². The molecule has 1 aromatic carbocycles. The Bertz CT molecular complexity index is 851. The number of halogens is 3. The van der Waals surface area contributed by atoms with E-state index < -0.39 is 39.8 Å². The van der Waals surface area contributed by atoms with Crippen molar-refractivity contribution in [3.63, 3.8) is 0 Å². The molecule has 0 aliphatic carbocycles. The molecular weight excluding hydrogens is 395 g/mol. The predicted molar refractivity (Wildman–Crippen MR) is 90.9 cm³/mol. The van der Waals surface area contributed by atoms with Crippen molar-refractivity contribution in [3.05, 3.63) is 51.6 Å². The lowest BCUT2D eigenvalue weighted by molar-refractivity contribution is -0.137. The predicted octanol–water partition coefficient (Wildman–Crippen LogP) is 3.00. The second kappa shape index (κ2) is 6.38. The highest BCUT2D eigenvalue weighted by Crippen LogP contribution is 2.55. The van der Waals surface area contributed by atoms with Gasteiger partial charge in [0.15, 0.2) is 0 Å².